The van der Waals surface area contributed by atoms with Crippen LogP contribution in [0.1, 0.15) is 19.8 Å². The van der Waals surface area contributed by atoms with E-state index in [1.807, 2.05) is 32.3 Å². The van der Waals surface area contributed by atoms with E-state index in [2.05, 4.69) is 36.6 Å². The lowest BCUT2D eigenvalue weighted by atomic mass is 10.0. The molecule has 106 valence electrons. The highest BCUT2D eigenvalue weighted by molar-refractivity contribution is 7.80. The normalized spacial score (nSPS) is 16.9. The zero-order chi connectivity index (χ0) is 14.7. The van der Waals surface area contributed by atoms with Crippen molar-refractivity contribution < 1.29 is 0 Å². The zero-order valence-electron chi connectivity index (χ0n) is 12.2. The van der Waals surface area contributed by atoms with Crippen molar-refractivity contribution in [3.05, 3.63) is 41.6 Å². The number of nitrogens with zero attached hydrogens (tertiary/aromatic N) is 2. The Morgan fingerprint density at radius 3 is 2.70 bits per heavy atom. The van der Waals surface area contributed by atoms with E-state index in [4.69, 9.17) is 10.7 Å². The molecule has 20 heavy (non-hydrogen) atoms. The Morgan fingerprint density at radius 2 is 2.10 bits per heavy atom. The van der Waals surface area contributed by atoms with Crippen LogP contribution in [0.15, 0.2) is 51.5 Å². The molecule has 3 nitrogen and oxygen atoms in total. The van der Waals surface area contributed by atoms with Crippen LogP contribution in [-0.4, -0.2) is 19.8 Å². The smallest absolute Gasteiger partial charge is 0.0767 e. The van der Waals surface area contributed by atoms with E-state index in [9.17, 15) is 0 Å². The molecule has 0 aromatic heterocycles. The van der Waals surface area contributed by atoms with Crippen molar-refractivity contribution in [1.82, 2.24) is 0 Å². The fraction of sp³-hybridized carbons (Fsp3) is 0.312. The van der Waals surface area contributed by atoms with Crippen LogP contribution in [0.4, 0.5) is 11.4 Å². The number of anilines is 1. The summed E-state index contributed by atoms with van der Waals surface area (Å²) in [6, 6.07) is 6.09. The average Bonchev–Trinajstić information content (AvgIpc) is 2.42. The molecule has 0 spiro atoms. The quantitative estimate of drug-likeness (QED) is 0.832. The number of nitrogens with two attached hydrogens (primary N) is 1. The molecule has 0 radical (unpaired) electrons. The Morgan fingerprint density at radius 1 is 1.35 bits per heavy atom. The van der Waals surface area contributed by atoms with E-state index >= 15 is 0 Å². The second-order valence-electron chi connectivity index (χ2n) is 5.06. The van der Waals surface area contributed by atoms with Crippen LogP contribution in [0, 0.1) is 0 Å². The highest BCUT2D eigenvalue weighted by atomic mass is 32.1. The van der Waals surface area contributed by atoms with Crippen LogP contribution in [0.25, 0.3) is 0 Å². The standard InChI is InChI=1S/C16H21N3S/c1-4-11-9-12(5-7-14(11)17)18-15-8-6-13(19(2)3)10-16(15)20/h6-10,20H,4-5,17H2,1-3H3. The Bertz CT molecular complexity index is 598. The van der Waals surface area contributed by atoms with Gasteiger partial charge < -0.3 is 10.6 Å². The molecule has 0 saturated carbocycles. The molecule has 0 amide bonds. The van der Waals surface area contributed by atoms with Gasteiger partial charge in [-0.1, -0.05) is 13.0 Å². The summed E-state index contributed by atoms with van der Waals surface area (Å²) in [6.07, 6.45) is 5.82. The van der Waals surface area contributed by atoms with Crippen LogP contribution >= 0.6 is 12.6 Å². The minimum absolute atomic E-state index is 0.776. The van der Waals surface area contributed by atoms with E-state index < -0.39 is 0 Å². The van der Waals surface area contributed by atoms with Crippen LogP contribution in [0.3, 0.4) is 0 Å². The summed E-state index contributed by atoms with van der Waals surface area (Å²) < 4.78 is 0. The molecule has 4 heteroatoms. The number of allylic oxidation sites excluding steroid dienone is 3. The molecule has 0 aliphatic heterocycles. The second kappa shape index (κ2) is 6.18. The maximum absolute atomic E-state index is 5.95. The van der Waals surface area contributed by atoms with Crippen LogP contribution in [-0.2, 0) is 0 Å². The third kappa shape index (κ3) is 3.25. The summed E-state index contributed by atoms with van der Waals surface area (Å²) in [4.78, 5) is 7.63. The summed E-state index contributed by atoms with van der Waals surface area (Å²) >= 11 is 4.53. The maximum Gasteiger partial charge on any atom is 0.0767 e. The Hall–Kier alpha value is -1.68. The first-order chi connectivity index (χ1) is 9.51. The topological polar surface area (TPSA) is 41.6 Å². The predicted molar refractivity (Wildman–Crippen MR) is 90.4 cm³/mol. The van der Waals surface area contributed by atoms with Crippen LogP contribution in [0.5, 0.6) is 0 Å². The van der Waals surface area contributed by atoms with Crippen LogP contribution in [0.2, 0.25) is 0 Å². The highest BCUT2D eigenvalue weighted by Crippen LogP contribution is 2.29. The van der Waals surface area contributed by atoms with Gasteiger partial charge in [0.15, 0.2) is 0 Å². The fourth-order valence-electron chi connectivity index (χ4n) is 2.11. The van der Waals surface area contributed by atoms with Crippen molar-refractivity contribution in [1.29, 1.82) is 0 Å². The first-order valence-electron chi connectivity index (χ1n) is 6.75. The van der Waals surface area contributed by atoms with Crippen molar-refractivity contribution in [2.45, 2.75) is 24.7 Å². The second-order valence-corrected chi connectivity index (χ2v) is 5.54. The molecule has 0 atom stereocenters. The Balaban J connectivity index is 2.30. The molecule has 0 bridgehead atoms. The van der Waals surface area contributed by atoms with Gasteiger partial charge in [0.25, 0.3) is 0 Å². The number of hydrogen-bond donors (Lipinski definition) is 2. The largest absolute Gasteiger partial charge is 0.399 e. The molecule has 2 N–H and O–H groups in total. The molecule has 0 heterocycles. The zero-order valence-corrected chi connectivity index (χ0v) is 13.1. The van der Waals surface area contributed by atoms with Crippen molar-refractivity contribution in [3.63, 3.8) is 0 Å². The van der Waals surface area contributed by atoms with Crippen molar-refractivity contribution >= 4 is 29.7 Å². The monoisotopic (exact) mass is 287 g/mol. The number of aliphatic imine (C=N–C) groups is 1. The summed E-state index contributed by atoms with van der Waals surface area (Å²) in [5.74, 6) is 0. The van der Waals surface area contributed by atoms with Gasteiger partial charge in [0.05, 0.1) is 5.69 Å². The van der Waals surface area contributed by atoms with Gasteiger partial charge in [-0.05, 0) is 36.3 Å². The summed E-state index contributed by atoms with van der Waals surface area (Å²) in [7, 11) is 4.03. The number of thiol groups is 1. The minimum Gasteiger partial charge on any atom is -0.399 e. The molecule has 0 saturated heterocycles. The lowest BCUT2D eigenvalue weighted by molar-refractivity contribution is 1.07. The predicted octanol–water partition coefficient (Wildman–Crippen LogP) is 3.70. The summed E-state index contributed by atoms with van der Waals surface area (Å²) in [5, 5.41) is 0. The molecule has 0 fully saturated rings. The average molecular weight is 287 g/mol. The molecular weight excluding hydrogens is 266 g/mol. The first kappa shape index (κ1) is 14.7. The van der Waals surface area contributed by atoms with Gasteiger partial charge in [-0.25, -0.2) is 0 Å². The Labute approximate surface area is 126 Å². The van der Waals surface area contributed by atoms with Crippen molar-refractivity contribution in [2.75, 3.05) is 19.0 Å². The molecule has 1 aromatic rings. The lowest BCUT2D eigenvalue weighted by Gasteiger charge is -2.15. The third-order valence-electron chi connectivity index (χ3n) is 3.36. The van der Waals surface area contributed by atoms with Crippen molar-refractivity contribution in [2.24, 2.45) is 10.7 Å². The van der Waals surface area contributed by atoms with Gasteiger partial charge >= 0.3 is 0 Å². The SMILES string of the molecule is CCC1=CC(=Nc2ccc(N(C)C)cc2S)CC=C1N. The van der Waals surface area contributed by atoms with Gasteiger partial charge in [-0.3, -0.25) is 4.99 Å². The molecule has 1 aliphatic carbocycles. The molecule has 1 aliphatic rings. The fourth-order valence-corrected chi connectivity index (χ4v) is 2.37. The summed E-state index contributed by atoms with van der Waals surface area (Å²) in [5.41, 5.74) is 11.0. The Kier molecular flexibility index (Phi) is 4.55. The van der Waals surface area contributed by atoms with E-state index in [0.717, 1.165) is 46.1 Å². The molecular formula is C16H21N3S. The highest BCUT2D eigenvalue weighted by Gasteiger charge is 2.09. The van der Waals surface area contributed by atoms with Gasteiger partial charge in [0.1, 0.15) is 0 Å². The van der Waals surface area contributed by atoms with E-state index in [1.54, 1.807) is 0 Å². The minimum atomic E-state index is 0.776. The number of benzene rings is 1. The van der Waals surface area contributed by atoms with E-state index in [-0.39, 0.29) is 0 Å². The molecule has 1 aromatic carbocycles. The summed E-state index contributed by atoms with van der Waals surface area (Å²) in [6.45, 7) is 2.10. The van der Waals surface area contributed by atoms with E-state index in [0.29, 0.717) is 0 Å². The lowest BCUT2D eigenvalue weighted by Crippen LogP contribution is -2.09. The maximum atomic E-state index is 5.95. The molecule has 2 rings (SSSR count). The molecule has 0 unspecified atom stereocenters. The van der Waals surface area contributed by atoms with E-state index in [1.165, 1.54) is 0 Å². The van der Waals surface area contributed by atoms with Gasteiger partial charge in [-0.2, -0.15) is 0 Å². The van der Waals surface area contributed by atoms with Crippen LogP contribution < -0.4 is 10.6 Å². The number of rotatable bonds is 3. The van der Waals surface area contributed by atoms with Gasteiger partial charge in [0.2, 0.25) is 0 Å². The van der Waals surface area contributed by atoms with Gasteiger partial charge in [-0.15, -0.1) is 12.6 Å². The van der Waals surface area contributed by atoms with Crippen molar-refractivity contribution in [3.8, 4) is 0 Å². The first-order valence-corrected chi connectivity index (χ1v) is 7.20. The third-order valence-corrected chi connectivity index (χ3v) is 3.72. The number of hydrogen-bond acceptors (Lipinski definition) is 4. The van der Waals surface area contributed by atoms with Gasteiger partial charge in [0, 0.05) is 42.5 Å².